The van der Waals surface area contributed by atoms with Crippen LogP contribution in [0.2, 0.25) is 0 Å². The predicted octanol–water partition coefficient (Wildman–Crippen LogP) is 3.18. The summed E-state index contributed by atoms with van der Waals surface area (Å²) in [7, 11) is 0. The molecule has 0 aromatic rings. The van der Waals surface area contributed by atoms with E-state index in [9.17, 15) is 13.2 Å². The maximum absolute atomic E-state index is 12.3. The molecule has 2 heterocycles. The van der Waals surface area contributed by atoms with Gasteiger partial charge in [-0.2, -0.15) is 13.2 Å². The van der Waals surface area contributed by atoms with E-state index < -0.39 is 12.6 Å². The van der Waals surface area contributed by atoms with Gasteiger partial charge >= 0.3 is 6.18 Å². The fraction of sp³-hybridized carbons (Fsp3) is 0.812. The van der Waals surface area contributed by atoms with Crippen LogP contribution in [0.15, 0.2) is 16.6 Å². The Hall–Kier alpha value is -1.04. The molecular formula is C16H24F3N3. The first-order chi connectivity index (χ1) is 10.5. The summed E-state index contributed by atoms with van der Waals surface area (Å²) in [4.78, 5) is 4.72. The fourth-order valence-corrected chi connectivity index (χ4v) is 3.73. The third-order valence-corrected chi connectivity index (χ3v) is 5.14. The minimum Gasteiger partial charge on any atom is -0.366 e. The highest BCUT2D eigenvalue weighted by Gasteiger charge is 2.38. The lowest BCUT2D eigenvalue weighted by Gasteiger charge is -2.35. The smallest absolute Gasteiger partial charge is 0.366 e. The average Bonchev–Trinajstić information content (AvgIpc) is 2.89. The lowest BCUT2D eigenvalue weighted by Crippen LogP contribution is -2.53. The van der Waals surface area contributed by atoms with E-state index in [0.717, 1.165) is 69.6 Å². The zero-order chi connectivity index (χ0) is 15.6. The molecule has 0 bridgehead atoms. The number of piperidine rings is 1. The molecule has 2 aliphatic heterocycles. The summed E-state index contributed by atoms with van der Waals surface area (Å²) in [6, 6.07) is 0. The van der Waals surface area contributed by atoms with Crippen LogP contribution in [0, 0.1) is 5.92 Å². The topological polar surface area (TPSA) is 36.4 Å². The molecule has 1 spiro atoms. The molecule has 3 aliphatic rings. The Balaban J connectivity index is 1.50. The molecule has 1 saturated heterocycles. The van der Waals surface area contributed by atoms with Gasteiger partial charge in [-0.05, 0) is 51.6 Å². The molecule has 2 N–H and O–H groups in total. The van der Waals surface area contributed by atoms with Crippen molar-refractivity contribution < 1.29 is 13.2 Å². The van der Waals surface area contributed by atoms with Gasteiger partial charge in [0, 0.05) is 5.92 Å². The van der Waals surface area contributed by atoms with Gasteiger partial charge in [0.25, 0.3) is 0 Å². The van der Waals surface area contributed by atoms with Crippen LogP contribution in [0.1, 0.15) is 44.9 Å². The van der Waals surface area contributed by atoms with Crippen LogP contribution in [0.5, 0.6) is 0 Å². The number of allylic oxidation sites excluding steroid dienone is 2. The molecule has 1 aliphatic carbocycles. The molecule has 0 aromatic carbocycles. The average molecular weight is 315 g/mol. The minimum absolute atomic E-state index is 0.146. The summed E-state index contributed by atoms with van der Waals surface area (Å²) >= 11 is 0. The zero-order valence-corrected chi connectivity index (χ0v) is 12.8. The lowest BCUT2D eigenvalue weighted by atomic mass is 9.83. The third-order valence-electron chi connectivity index (χ3n) is 5.14. The van der Waals surface area contributed by atoms with E-state index >= 15 is 0 Å². The second kappa shape index (κ2) is 6.22. The van der Waals surface area contributed by atoms with Crippen molar-refractivity contribution in [2.24, 2.45) is 10.9 Å². The van der Waals surface area contributed by atoms with Crippen molar-refractivity contribution in [2.45, 2.75) is 56.7 Å². The lowest BCUT2D eigenvalue weighted by molar-refractivity contribution is -0.125. The molecule has 2 fully saturated rings. The first-order valence-electron chi connectivity index (χ1n) is 8.24. The van der Waals surface area contributed by atoms with Gasteiger partial charge in [-0.15, -0.1) is 0 Å². The zero-order valence-electron chi connectivity index (χ0n) is 12.8. The standard InChI is InChI=1S/C16H24F3N3/c17-16(18,19)6-5-12-1-3-13(4-2-12)14-21-11-15(22-14)7-9-20-10-8-15/h5,13,20H,1-4,6-11H2,(H,21,22). The van der Waals surface area contributed by atoms with Crippen LogP contribution in [0.3, 0.4) is 0 Å². The van der Waals surface area contributed by atoms with E-state index in [0.29, 0.717) is 5.92 Å². The van der Waals surface area contributed by atoms with Crippen LogP contribution in [0.25, 0.3) is 0 Å². The number of hydrogen-bond donors (Lipinski definition) is 2. The highest BCUT2D eigenvalue weighted by Crippen LogP contribution is 2.33. The number of hydrogen-bond acceptors (Lipinski definition) is 3. The van der Waals surface area contributed by atoms with Gasteiger partial charge in [0.05, 0.1) is 18.5 Å². The summed E-state index contributed by atoms with van der Waals surface area (Å²) < 4.78 is 36.8. The summed E-state index contributed by atoms with van der Waals surface area (Å²) in [6.45, 7) is 2.92. The number of rotatable bonds is 2. The first-order valence-corrected chi connectivity index (χ1v) is 8.24. The summed E-state index contributed by atoms with van der Waals surface area (Å²) in [5, 5.41) is 7.03. The largest absolute Gasteiger partial charge is 0.392 e. The maximum Gasteiger partial charge on any atom is 0.392 e. The summed E-state index contributed by atoms with van der Waals surface area (Å²) in [5.41, 5.74) is 1.11. The van der Waals surface area contributed by atoms with Crippen LogP contribution in [0.4, 0.5) is 13.2 Å². The van der Waals surface area contributed by atoms with Gasteiger partial charge in [-0.25, -0.2) is 0 Å². The van der Waals surface area contributed by atoms with Gasteiger partial charge in [-0.1, -0.05) is 11.6 Å². The Morgan fingerprint density at radius 3 is 2.50 bits per heavy atom. The summed E-state index contributed by atoms with van der Waals surface area (Å²) in [6.07, 6.45) is 2.10. The van der Waals surface area contributed by atoms with Crippen molar-refractivity contribution in [2.75, 3.05) is 19.6 Å². The van der Waals surface area contributed by atoms with E-state index in [1.54, 1.807) is 0 Å². The molecule has 3 nitrogen and oxygen atoms in total. The van der Waals surface area contributed by atoms with Crippen LogP contribution >= 0.6 is 0 Å². The summed E-state index contributed by atoms with van der Waals surface area (Å²) in [5.74, 6) is 1.51. The Labute approximate surface area is 129 Å². The highest BCUT2D eigenvalue weighted by molar-refractivity contribution is 5.87. The van der Waals surface area contributed by atoms with Crippen molar-refractivity contribution >= 4 is 5.84 Å². The predicted molar refractivity (Wildman–Crippen MR) is 81.0 cm³/mol. The second-order valence-electron chi connectivity index (χ2n) is 6.81. The van der Waals surface area contributed by atoms with Crippen molar-refractivity contribution in [1.29, 1.82) is 0 Å². The Bertz CT molecular complexity index is 452. The van der Waals surface area contributed by atoms with E-state index in [1.165, 1.54) is 6.08 Å². The number of halogens is 3. The third kappa shape index (κ3) is 3.83. The number of amidine groups is 1. The molecule has 0 aromatic heterocycles. The molecule has 0 unspecified atom stereocenters. The van der Waals surface area contributed by atoms with Crippen molar-refractivity contribution in [1.82, 2.24) is 10.6 Å². The molecule has 3 rings (SSSR count). The van der Waals surface area contributed by atoms with Crippen molar-refractivity contribution in [3.05, 3.63) is 11.6 Å². The van der Waals surface area contributed by atoms with Crippen molar-refractivity contribution in [3.8, 4) is 0 Å². The Morgan fingerprint density at radius 2 is 1.86 bits per heavy atom. The Morgan fingerprint density at radius 1 is 1.18 bits per heavy atom. The quantitative estimate of drug-likeness (QED) is 0.768. The van der Waals surface area contributed by atoms with Crippen molar-refractivity contribution in [3.63, 3.8) is 0 Å². The monoisotopic (exact) mass is 315 g/mol. The van der Waals surface area contributed by atoms with E-state index in [-0.39, 0.29) is 5.54 Å². The molecule has 0 atom stereocenters. The van der Waals surface area contributed by atoms with Gasteiger partial charge in [0.2, 0.25) is 0 Å². The van der Waals surface area contributed by atoms with Crippen LogP contribution in [-0.4, -0.2) is 37.2 Å². The molecule has 0 amide bonds. The second-order valence-corrected chi connectivity index (χ2v) is 6.81. The van der Waals surface area contributed by atoms with Crippen LogP contribution < -0.4 is 10.6 Å². The number of nitrogens with zero attached hydrogens (tertiary/aromatic N) is 1. The van der Waals surface area contributed by atoms with E-state index in [2.05, 4.69) is 10.6 Å². The number of nitrogens with one attached hydrogen (secondary N) is 2. The van der Waals surface area contributed by atoms with Gasteiger partial charge in [0.1, 0.15) is 5.84 Å². The SMILES string of the molecule is FC(F)(F)CC=C1CCC(C2=NCC3(CCNCC3)N2)CC1. The maximum atomic E-state index is 12.3. The number of aliphatic imine (C=N–C) groups is 1. The van der Waals surface area contributed by atoms with Gasteiger partial charge in [0.15, 0.2) is 0 Å². The van der Waals surface area contributed by atoms with Gasteiger partial charge in [-0.3, -0.25) is 4.99 Å². The highest BCUT2D eigenvalue weighted by atomic mass is 19.4. The first kappa shape index (κ1) is 15.8. The molecule has 22 heavy (non-hydrogen) atoms. The normalized spacial score (nSPS) is 28.4. The molecular weight excluding hydrogens is 291 g/mol. The van der Waals surface area contributed by atoms with E-state index in [1.807, 2.05) is 0 Å². The molecule has 6 heteroatoms. The number of alkyl halides is 3. The fourth-order valence-electron chi connectivity index (χ4n) is 3.73. The molecule has 0 radical (unpaired) electrons. The minimum atomic E-state index is -4.08. The van der Waals surface area contributed by atoms with E-state index in [4.69, 9.17) is 4.99 Å². The van der Waals surface area contributed by atoms with Crippen LogP contribution in [-0.2, 0) is 0 Å². The molecule has 124 valence electrons. The van der Waals surface area contributed by atoms with Gasteiger partial charge < -0.3 is 10.6 Å². The molecule has 1 saturated carbocycles. The Kier molecular flexibility index (Phi) is 4.48.